The lowest BCUT2D eigenvalue weighted by atomic mass is 9.97. The van der Waals surface area contributed by atoms with Crippen molar-refractivity contribution < 1.29 is 9.59 Å². The number of aryl methyl sites for hydroxylation is 1. The zero-order valence-electron chi connectivity index (χ0n) is 16.9. The Morgan fingerprint density at radius 2 is 2.11 bits per heavy atom. The highest BCUT2D eigenvalue weighted by atomic mass is 16.2. The topological polar surface area (TPSA) is 79.6 Å². The number of hydrogen-bond donors (Lipinski definition) is 1. The predicted octanol–water partition coefficient (Wildman–Crippen LogP) is 2.48. The molecule has 1 aliphatic rings. The van der Waals surface area contributed by atoms with Crippen LogP contribution in [0.15, 0.2) is 12.3 Å². The van der Waals surface area contributed by atoms with Gasteiger partial charge in [0.1, 0.15) is 0 Å². The maximum atomic E-state index is 12.8. The van der Waals surface area contributed by atoms with Gasteiger partial charge in [-0.1, -0.05) is 6.92 Å². The molecule has 3 rings (SSSR count). The first-order valence-corrected chi connectivity index (χ1v) is 9.57. The Morgan fingerprint density at radius 1 is 1.37 bits per heavy atom. The van der Waals surface area contributed by atoms with Crippen molar-refractivity contribution >= 4 is 17.3 Å². The van der Waals surface area contributed by atoms with Crippen LogP contribution in [0.5, 0.6) is 0 Å². The molecule has 1 N–H and O–H groups in total. The number of nitrogens with one attached hydrogen (secondary N) is 1. The van der Waals surface area contributed by atoms with E-state index in [0.29, 0.717) is 28.5 Å². The first-order valence-electron chi connectivity index (χ1n) is 9.57. The third-order valence-electron chi connectivity index (χ3n) is 5.15. The van der Waals surface area contributed by atoms with Crippen molar-refractivity contribution in [1.29, 1.82) is 0 Å². The smallest absolute Gasteiger partial charge is 0.272 e. The Balaban J connectivity index is 1.75. The second-order valence-corrected chi connectivity index (χ2v) is 8.43. The second-order valence-electron chi connectivity index (χ2n) is 8.43. The van der Waals surface area contributed by atoms with Crippen molar-refractivity contribution in [1.82, 2.24) is 24.8 Å². The van der Waals surface area contributed by atoms with Gasteiger partial charge in [0.05, 0.1) is 11.3 Å². The fourth-order valence-electron chi connectivity index (χ4n) is 3.91. The van der Waals surface area contributed by atoms with E-state index in [0.717, 1.165) is 19.6 Å². The molecule has 0 saturated carbocycles. The highest BCUT2D eigenvalue weighted by molar-refractivity contribution is 5.96. The fourth-order valence-corrected chi connectivity index (χ4v) is 3.91. The van der Waals surface area contributed by atoms with Gasteiger partial charge in [0.15, 0.2) is 17.1 Å². The molecular weight excluding hydrogens is 342 g/mol. The van der Waals surface area contributed by atoms with E-state index < -0.39 is 0 Å². The predicted molar refractivity (Wildman–Crippen MR) is 104 cm³/mol. The fraction of sp³-hybridized carbons (Fsp3) is 0.600. The summed E-state index contributed by atoms with van der Waals surface area (Å²) < 4.78 is 1.56. The number of hydrogen-bond acceptors (Lipinski definition) is 5. The standard InChI is InChI=1S/C20H29N5O2/c1-13-7-6-8-24(11-13)12-20(4,5)22-19(27)17-9-18-21-10-16(15(3)26)14(2)25(18)23-17/h9-10,13H,6-8,11-12H2,1-5H3,(H,22,27). The van der Waals surface area contributed by atoms with Crippen molar-refractivity contribution in [2.45, 2.75) is 53.0 Å². The van der Waals surface area contributed by atoms with Gasteiger partial charge in [-0.25, -0.2) is 9.50 Å². The molecule has 0 bridgehead atoms. The van der Waals surface area contributed by atoms with Crippen LogP contribution >= 0.6 is 0 Å². The van der Waals surface area contributed by atoms with Crippen molar-refractivity contribution in [2.75, 3.05) is 19.6 Å². The van der Waals surface area contributed by atoms with Crippen LogP contribution in [-0.2, 0) is 0 Å². The molecule has 1 unspecified atom stereocenters. The quantitative estimate of drug-likeness (QED) is 0.817. The lowest BCUT2D eigenvalue weighted by molar-refractivity contribution is 0.0857. The van der Waals surface area contributed by atoms with E-state index in [2.05, 4.69) is 27.2 Å². The highest BCUT2D eigenvalue weighted by Crippen LogP contribution is 2.18. The number of carbonyl (C=O) groups excluding carboxylic acids is 2. The second kappa shape index (κ2) is 7.38. The van der Waals surface area contributed by atoms with Crippen LogP contribution in [0.4, 0.5) is 0 Å². The molecule has 1 amide bonds. The summed E-state index contributed by atoms with van der Waals surface area (Å²) in [6, 6.07) is 1.66. The summed E-state index contributed by atoms with van der Waals surface area (Å²) in [4.78, 5) is 31.1. The lowest BCUT2D eigenvalue weighted by Crippen LogP contribution is -2.53. The average molecular weight is 371 g/mol. The van der Waals surface area contributed by atoms with Gasteiger partial charge in [0.2, 0.25) is 0 Å². The van der Waals surface area contributed by atoms with Crippen LogP contribution in [0.25, 0.3) is 5.65 Å². The van der Waals surface area contributed by atoms with Gasteiger partial charge in [-0.2, -0.15) is 5.10 Å². The van der Waals surface area contributed by atoms with E-state index in [9.17, 15) is 9.59 Å². The number of aromatic nitrogens is 3. The molecule has 0 spiro atoms. The Morgan fingerprint density at radius 3 is 2.78 bits per heavy atom. The molecule has 1 fully saturated rings. The van der Waals surface area contributed by atoms with Gasteiger partial charge in [0, 0.05) is 30.9 Å². The molecule has 146 valence electrons. The number of piperidine rings is 1. The molecule has 3 heterocycles. The van der Waals surface area contributed by atoms with E-state index in [-0.39, 0.29) is 17.2 Å². The van der Waals surface area contributed by atoms with Gasteiger partial charge in [-0.05, 0) is 53.0 Å². The zero-order chi connectivity index (χ0) is 19.8. The number of nitrogens with zero attached hydrogens (tertiary/aromatic N) is 4. The molecule has 1 saturated heterocycles. The Kier molecular flexibility index (Phi) is 5.33. The van der Waals surface area contributed by atoms with E-state index in [1.165, 1.54) is 26.0 Å². The molecule has 0 radical (unpaired) electrons. The summed E-state index contributed by atoms with van der Waals surface area (Å²) in [6.45, 7) is 12.6. The number of carbonyl (C=O) groups is 2. The SMILES string of the molecule is CC(=O)c1cnc2cc(C(=O)NC(C)(C)CN3CCCC(C)C3)nn2c1C. The number of likely N-dealkylation sites (tertiary alicyclic amines) is 1. The summed E-state index contributed by atoms with van der Waals surface area (Å²) in [5.41, 5.74) is 1.71. The van der Waals surface area contributed by atoms with E-state index >= 15 is 0 Å². The highest BCUT2D eigenvalue weighted by Gasteiger charge is 2.28. The summed E-state index contributed by atoms with van der Waals surface area (Å²) in [6.07, 6.45) is 4.03. The van der Waals surface area contributed by atoms with Crippen LogP contribution in [0.2, 0.25) is 0 Å². The maximum Gasteiger partial charge on any atom is 0.272 e. The molecule has 1 atom stereocenters. The number of Topliss-reactive ketones (excluding diaryl/α,β-unsaturated/α-hetero) is 1. The van der Waals surface area contributed by atoms with Crippen LogP contribution in [0.1, 0.15) is 67.1 Å². The minimum absolute atomic E-state index is 0.0692. The van der Waals surface area contributed by atoms with E-state index in [4.69, 9.17) is 0 Å². The number of amides is 1. The van der Waals surface area contributed by atoms with Crippen molar-refractivity contribution in [3.63, 3.8) is 0 Å². The number of fused-ring (bicyclic) bond motifs is 1. The molecule has 7 heteroatoms. The molecule has 27 heavy (non-hydrogen) atoms. The molecule has 2 aromatic rings. The van der Waals surface area contributed by atoms with Crippen LogP contribution in [-0.4, -0.2) is 56.4 Å². The van der Waals surface area contributed by atoms with Gasteiger partial charge in [-0.3, -0.25) is 9.59 Å². The molecular formula is C20H29N5O2. The van der Waals surface area contributed by atoms with Gasteiger partial charge in [-0.15, -0.1) is 0 Å². The molecule has 1 aliphatic heterocycles. The van der Waals surface area contributed by atoms with E-state index in [1.54, 1.807) is 10.6 Å². The Hall–Kier alpha value is -2.28. The molecule has 2 aromatic heterocycles. The van der Waals surface area contributed by atoms with Crippen LogP contribution in [0.3, 0.4) is 0 Å². The molecule has 7 nitrogen and oxygen atoms in total. The first kappa shape index (κ1) is 19.5. The van der Waals surface area contributed by atoms with Crippen LogP contribution in [0, 0.1) is 12.8 Å². The molecule has 0 aliphatic carbocycles. The van der Waals surface area contributed by atoms with Crippen LogP contribution < -0.4 is 5.32 Å². The Bertz CT molecular complexity index is 871. The van der Waals surface area contributed by atoms with Gasteiger partial charge in [0.25, 0.3) is 5.91 Å². The Labute approximate surface area is 160 Å². The number of rotatable bonds is 5. The number of ketones is 1. The normalized spacial score (nSPS) is 18.6. The van der Waals surface area contributed by atoms with Crippen molar-refractivity contribution in [3.05, 3.63) is 29.2 Å². The summed E-state index contributed by atoms with van der Waals surface area (Å²) in [7, 11) is 0. The largest absolute Gasteiger partial charge is 0.344 e. The summed E-state index contributed by atoms with van der Waals surface area (Å²) in [5, 5.41) is 7.48. The first-order chi connectivity index (χ1) is 12.7. The zero-order valence-corrected chi connectivity index (χ0v) is 16.9. The van der Waals surface area contributed by atoms with Gasteiger partial charge >= 0.3 is 0 Å². The average Bonchev–Trinajstić information content (AvgIpc) is 2.99. The summed E-state index contributed by atoms with van der Waals surface area (Å²) in [5.74, 6) is 0.410. The minimum atomic E-state index is -0.364. The van der Waals surface area contributed by atoms with E-state index in [1.807, 2.05) is 20.8 Å². The van der Waals surface area contributed by atoms with Crippen molar-refractivity contribution in [3.8, 4) is 0 Å². The van der Waals surface area contributed by atoms with Gasteiger partial charge < -0.3 is 10.2 Å². The summed E-state index contributed by atoms with van der Waals surface area (Å²) >= 11 is 0. The minimum Gasteiger partial charge on any atom is -0.344 e. The van der Waals surface area contributed by atoms with Crippen molar-refractivity contribution in [2.24, 2.45) is 5.92 Å². The molecule has 0 aromatic carbocycles. The third-order valence-corrected chi connectivity index (χ3v) is 5.15. The maximum absolute atomic E-state index is 12.8. The third kappa shape index (κ3) is 4.35. The monoisotopic (exact) mass is 371 g/mol. The lowest BCUT2D eigenvalue weighted by Gasteiger charge is -2.37.